The Balaban J connectivity index is 1.82. The van der Waals surface area contributed by atoms with E-state index in [0.717, 1.165) is 5.56 Å². The Morgan fingerprint density at radius 3 is 2.42 bits per heavy atom. The molecular weight excluding hydrogens is 406 g/mol. The molecule has 9 nitrogen and oxygen atoms in total. The Morgan fingerprint density at radius 2 is 1.77 bits per heavy atom. The smallest absolute Gasteiger partial charge is 0.336 e. The van der Waals surface area contributed by atoms with Gasteiger partial charge in [0, 0.05) is 17.5 Å². The summed E-state index contributed by atoms with van der Waals surface area (Å²) >= 11 is 0. The number of rotatable bonds is 8. The first-order chi connectivity index (χ1) is 14.7. The van der Waals surface area contributed by atoms with Crippen LogP contribution in [-0.4, -0.2) is 40.2 Å². The van der Waals surface area contributed by atoms with Crippen molar-refractivity contribution in [3.63, 3.8) is 0 Å². The monoisotopic (exact) mass is 425 g/mol. The number of amides is 1. The van der Waals surface area contributed by atoms with Gasteiger partial charge in [-0.1, -0.05) is 30.3 Å². The number of ether oxygens (including phenoxy) is 1. The molecule has 0 fully saturated rings. The third-order valence-electron chi connectivity index (χ3n) is 4.48. The van der Waals surface area contributed by atoms with Gasteiger partial charge in [-0.05, 0) is 30.2 Å². The summed E-state index contributed by atoms with van der Waals surface area (Å²) in [5.74, 6) is -3.41. The zero-order chi connectivity index (χ0) is 22.5. The number of aliphatic carboxylic acids is 2. The van der Waals surface area contributed by atoms with Gasteiger partial charge in [-0.15, -0.1) is 0 Å². The molecule has 2 atom stereocenters. The van der Waals surface area contributed by atoms with Crippen LogP contribution in [0.4, 0.5) is 0 Å². The van der Waals surface area contributed by atoms with Crippen molar-refractivity contribution in [1.82, 2.24) is 5.32 Å². The molecule has 0 saturated carbocycles. The fourth-order valence-corrected chi connectivity index (χ4v) is 2.99. The van der Waals surface area contributed by atoms with E-state index in [2.05, 4.69) is 5.32 Å². The van der Waals surface area contributed by atoms with Crippen LogP contribution in [-0.2, 0) is 14.4 Å². The van der Waals surface area contributed by atoms with Crippen molar-refractivity contribution < 1.29 is 33.8 Å². The number of carbonyl (C=O) groups is 3. The highest BCUT2D eigenvalue weighted by molar-refractivity contribution is 5.94. The first-order valence-electron chi connectivity index (χ1n) is 9.29. The zero-order valence-corrected chi connectivity index (χ0v) is 16.4. The topological polar surface area (TPSA) is 143 Å². The van der Waals surface area contributed by atoms with Crippen molar-refractivity contribution in [2.45, 2.75) is 25.5 Å². The molecule has 0 aliphatic rings. The number of hydrogen-bond donors (Lipinski definition) is 3. The molecule has 0 aliphatic heterocycles. The van der Waals surface area contributed by atoms with E-state index in [1.165, 1.54) is 19.1 Å². The van der Waals surface area contributed by atoms with Crippen molar-refractivity contribution in [2.24, 2.45) is 0 Å². The third-order valence-corrected chi connectivity index (χ3v) is 4.48. The molecule has 3 rings (SSSR count). The number of carboxylic acid groups (broad SMARTS) is 2. The Hall–Kier alpha value is -4.14. The van der Waals surface area contributed by atoms with Crippen LogP contribution in [0.2, 0.25) is 0 Å². The molecular formula is C22H19NO8. The van der Waals surface area contributed by atoms with E-state index in [4.69, 9.17) is 19.4 Å². The molecule has 0 radical (unpaired) electrons. The SMILES string of the molecule is C[C@@H](Oc1ccc2c(-c3ccccc3)cc(=O)oc2c1)C(=O)N[C@@H](CC(=O)O)C(=O)O. The standard InChI is InChI=1S/C22H19NO8/c1-12(21(27)23-17(22(28)29)11-19(24)25)30-14-7-8-15-16(13-5-3-2-4-6-13)10-20(26)31-18(15)9-14/h2-10,12,17H,11H2,1H3,(H,23,27)(H,24,25)(H,28,29)/t12-,17+/m1/s1. The highest BCUT2D eigenvalue weighted by Gasteiger charge is 2.26. The molecule has 2 aromatic carbocycles. The van der Waals surface area contributed by atoms with Gasteiger partial charge in [0.1, 0.15) is 17.4 Å². The number of carboxylic acids is 2. The first-order valence-corrected chi connectivity index (χ1v) is 9.29. The highest BCUT2D eigenvalue weighted by Crippen LogP contribution is 2.29. The minimum absolute atomic E-state index is 0.216. The summed E-state index contributed by atoms with van der Waals surface area (Å²) in [7, 11) is 0. The van der Waals surface area contributed by atoms with Crippen LogP contribution in [0.1, 0.15) is 13.3 Å². The summed E-state index contributed by atoms with van der Waals surface area (Å²) in [6.45, 7) is 1.38. The summed E-state index contributed by atoms with van der Waals surface area (Å²) in [6, 6.07) is 13.8. The van der Waals surface area contributed by atoms with Gasteiger partial charge in [-0.25, -0.2) is 9.59 Å². The molecule has 31 heavy (non-hydrogen) atoms. The van der Waals surface area contributed by atoms with Crippen LogP contribution in [0.5, 0.6) is 5.75 Å². The van der Waals surface area contributed by atoms with Crippen LogP contribution in [0.15, 0.2) is 63.8 Å². The molecule has 3 N–H and O–H groups in total. The van der Waals surface area contributed by atoms with Crippen molar-refractivity contribution in [3.05, 3.63) is 65.0 Å². The van der Waals surface area contributed by atoms with Gasteiger partial charge in [0.25, 0.3) is 5.91 Å². The van der Waals surface area contributed by atoms with Crippen LogP contribution < -0.4 is 15.7 Å². The van der Waals surface area contributed by atoms with E-state index in [-0.39, 0.29) is 11.3 Å². The van der Waals surface area contributed by atoms with E-state index < -0.39 is 42.0 Å². The molecule has 0 spiro atoms. The fraction of sp³-hybridized carbons (Fsp3) is 0.182. The third kappa shape index (κ3) is 5.27. The number of hydrogen-bond acceptors (Lipinski definition) is 6. The van der Waals surface area contributed by atoms with Gasteiger partial charge in [0.15, 0.2) is 6.10 Å². The molecule has 0 aliphatic carbocycles. The van der Waals surface area contributed by atoms with Gasteiger partial charge in [0.05, 0.1) is 6.42 Å². The minimum Gasteiger partial charge on any atom is -0.481 e. The molecule has 3 aromatic rings. The van der Waals surface area contributed by atoms with E-state index >= 15 is 0 Å². The Kier molecular flexibility index (Phi) is 6.35. The number of fused-ring (bicyclic) bond motifs is 1. The number of benzene rings is 2. The van der Waals surface area contributed by atoms with Gasteiger partial charge in [-0.2, -0.15) is 0 Å². The molecule has 9 heteroatoms. The van der Waals surface area contributed by atoms with Crippen LogP contribution in [0.3, 0.4) is 0 Å². The Bertz CT molecular complexity index is 1190. The predicted molar refractivity (Wildman–Crippen MR) is 110 cm³/mol. The normalized spacial score (nSPS) is 12.7. The lowest BCUT2D eigenvalue weighted by Crippen LogP contribution is -2.47. The van der Waals surface area contributed by atoms with E-state index in [0.29, 0.717) is 10.9 Å². The van der Waals surface area contributed by atoms with Gasteiger partial charge < -0.3 is 24.7 Å². The van der Waals surface area contributed by atoms with E-state index in [1.807, 2.05) is 30.3 Å². The zero-order valence-electron chi connectivity index (χ0n) is 16.4. The molecule has 1 heterocycles. The minimum atomic E-state index is -1.58. The number of nitrogens with one attached hydrogen (secondary N) is 1. The predicted octanol–water partition coefficient (Wildman–Crippen LogP) is 2.27. The molecule has 1 amide bonds. The second-order valence-electron chi connectivity index (χ2n) is 6.76. The van der Waals surface area contributed by atoms with Crippen LogP contribution in [0, 0.1) is 0 Å². The average molecular weight is 425 g/mol. The lowest BCUT2D eigenvalue weighted by Gasteiger charge is -2.18. The lowest BCUT2D eigenvalue weighted by atomic mass is 10.0. The largest absolute Gasteiger partial charge is 0.481 e. The Morgan fingerprint density at radius 1 is 1.06 bits per heavy atom. The average Bonchev–Trinajstić information content (AvgIpc) is 2.72. The van der Waals surface area contributed by atoms with E-state index in [9.17, 15) is 19.2 Å². The summed E-state index contributed by atoms with van der Waals surface area (Å²) in [6.07, 6.45) is -1.89. The summed E-state index contributed by atoms with van der Waals surface area (Å²) < 4.78 is 10.8. The second kappa shape index (κ2) is 9.12. The van der Waals surface area contributed by atoms with Crippen molar-refractivity contribution in [1.29, 1.82) is 0 Å². The summed E-state index contributed by atoms with van der Waals surface area (Å²) in [5, 5.41) is 20.6. The summed E-state index contributed by atoms with van der Waals surface area (Å²) in [5.41, 5.74) is 1.22. The van der Waals surface area contributed by atoms with Crippen molar-refractivity contribution in [3.8, 4) is 16.9 Å². The molecule has 1 aromatic heterocycles. The number of carbonyl (C=O) groups excluding carboxylic acids is 1. The summed E-state index contributed by atoms with van der Waals surface area (Å²) in [4.78, 5) is 46.1. The van der Waals surface area contributed by atoms with Gasteiger partial charge in [0.2, 0.25) is 0 Å². The quantitative estimate of drug-likeness (QED) is 0.467. The van der Waals surface area contributed by atoms with Gasteiger partial charge in [-0.3, -0.25) is 9.59 Å². The fourth-order valence-electron chi connectivity index (χ4n) is 2.99. The van der Waals surface area contributed by atoms with E-state index in [1.54, 1.807) is 12.1 Å². The van der Waals surface area contributed by atoms with Crippen molar-refractivity contribution >= 4 is 28.8 Å². The van der Waals surface area contributed by atoms with Crippen molar-refractivity contribution in [2.75, 3.05) is 0 Å². The van der Waals surface area contributed by atoms with Crippen LogP contribution >= 0.6 is 0 Å². The molecule has 0 unspecified atom stereocenters. The maximum absolute atomic E-state index is 12.2. The lowest BCUT2D eigenvalue weighted by molar-refractivity contribution is -0.147. The maximum atomic E-state index is 12.2. The molecule has 160 valence electrons. The first kappa shape index (κ1) is 21.6. The Labute approximate surface area is 175 Å². The second-order valence-corrected chi connectivity index (χ2v) is 6.76. The maximum Gasteiger partial charge on any atom is 0.336 e. The highest BCUT2D eigenvalue weighted by atomic mass is 16.5. The molecule has 0 saturated heterocycles. The molecule has 0 bridgehead atoms. The van der Waals surface area contributed by atoms with Gasteiger partial charge >= 0.3 is 17.6 Å². The van der Waals surface area contributed by atoms with Crippen LogP contribution in [0.25, 0.3) is 22.1 Å².